The van der Waals surface area contributed by atoms with Crippen molar-refractivity contribution in [2.45, 2.75) is 39.5 Å². The summed E-state index contributed by atoms with van der Waals surface area (Å²) < 4.78 is 0. The van der Waals surface area contributed by atoms with Crippen LogP contribution in [0.15, 0.2) is 22.1 Å². The predicted molar refractivity (Wildman–Crippen MR) is 96.7 cm³/mol. The Bertz CT molecular complexity index is 722. The van der Waals surface area contributed by atoms with Gasteiger partial charge < -0.3 is 4.90 Å². The first-order chi connectivity index (χ1) is 11.7. The predicted octanol–water partition coefficient (Wildman–Crippen LogP) is 1.22. The lowest BCUT2D eigenvalue weighted by Crippen LogP contribution is -2.47. The van der Waals surface area contributed by atoms with E-state index in [0.29, 0.717) is 12.5 Å². The highest BCUT2D eigenvalue weighted by atomic mass is 16.5. The summed E-state index contributed by atoms with van der Waals surface area (Å²) in [5.41, 5.74) is 4.80. The Morgan fingerprint density at radius 1 is 1.25 bits per heavy atom. The van der Waals surface area contributed by atoms with Crippen LogP contribution in [-0.4, -0.2) is 42.2 Å². The molecule has 0 bridgehead atoms. The first kappa shape index (κ1) is 16.9. The van der Waals surface area contributed by atoms with Crippen molar-refractivity contribution < 1.29 is 5.21 Å². The van der Waals surface area contributed by atoms with Gasteiger partial charge in [0.1, 0.15) is 5.69 Å². The number of hydrogen-bond acceptors (Lipinski definition) is 4. The van der Waals surface area contributed by atoms with Gasteiger partial charge >= 0.3 is 0 Å². The van der Waals surface area contributed by atoms with Crippen molar-refractivity contribution in [1.82, 2.24) is 10.3 Å². The van der Waals surface area contributed by atoms with E-state index in [1.54, 1.807) is 0 Å². The molecule has 0 aromatic heterocycles. The highest BCUT2D eigenvalue weighted by Crippen LogP contribution is 2.17. The van der Waals surface area contributed by atoms with Crippen LogP contribution in [0.3, 0.4) is 0 Å². The van der Waals surface area contributed by atoms with E-state index >= 15 is 0 Å². The van der Waals surface area contributed by atoms with Gasteiger partial charge in [-0.15, -0.1) is 0 Å². The zero-order valence-electron chi connectivity index (χ0n) is 14.6. The summed E-state index contributed by atoms with van der Waals surface area (Å²) in [4.78, 5) is 11.5. The lowest BCUT2D eigenvalue weighted by Gasteiger charge is -2.25. The zero-order chi connectivity index (χ0) is 16.9. The van der Waals surface area contributed by atoms with Gasteiger partial charge in [0.2, 0.25) is 5.96 Å². The summed E-state index contributed by atoms with van der Waals surface area (Å²) in [7, 11) is 0. The highest BCUT2D eigenvalue weighted by Gasteiger charge is 2.20. The third kappa shape index (κ3) is 3.60. The Morgan fingerprint density at radius 3 is 2.79 bits per heavy atom. The molecule has 0 amide bonds. The third-order valence-electron chi connectivity index (χ3n) is 4.46. The van der Waals surface area contributed by atoms with Gasteiger partial charge in [-0.1, -0.05) is 26.0 Å². The minimum Gasteiger partial charge on any atom is -0.302 e. The molecule has 2 aliphatic rings. The van der Waals surface area contributed by atoms with Gasteiger partial charge in [-0.05, 0) is 55.6 Å². The van der Waals surface area contributed by atoms with Crippen LogP contribution in [-0.2, 0) is 6.42 Å². The van der Waals surface area contributed by atoms with Crippen LogP contribution in [0.1, 0.15) is 38.7 Å². The molecule has 6 nitrogen and oxygen atoms in total. The van der Waals surface area contributed by atoms with Crippen molar-refractivity contribution in [2.24, 2.45) is 9.98 Å². The Labute approximate surface area is 143 Å². The minimum atomic E-state index is 0.472. The fraction of sp³-hybridized carbons (Fsp3) is 0.556. The molecule has 0 saturated heterocycles. The number of benzene rings is 1. The zero-order valence-corrected chi connectivity index (χ0v) is 14.6. The topological polar surface area (TPSA) is 63.5 Å². The maximum absolute atomic E-state index is 10.3. The number of anilines is 1. The number of aliphatic imine (C=N–C) groups is 1. The first-order valence-corrected chi connectivity index (χ1v) is 8.96. The van der Waals surface area contributed by atoms with Crippen LogP contribution in [0.2, 0.25) is 0 Å². The number of nitrogens with one attached hydrogen (secondary N) is 1. The van der Waals surface area contributed by atoms with Crippen molar-refractivity contribution in [3.63, 3.8) is 0 Å². The largest absolute Gasteiger partial charge is 0.302 e. The molecule has 0 radical (unpaired) electrons. The van der Waals surface area contributed by atoms with Gasteiger partial charge in [0.25, 0.3) is 0 Å². The molecule has 0 atom stereocenters. The third-order valence-corrected chi connectivity index (χ3v) is 4.46. The van der Waals surface area contributed by atoms with Gasteiger partial charge in [0.05, 0.1) is 11.9 Å². The Balaban J connectivity index is 1.75. The smallest absolute Gasteiger partial charge is 0.239 e. The van der Waals surface area contributed by atoms with Crippen molar-refractivity contribution in [2.75, 3.05) is 31.4 Å². The van der Waals surface area contributed by atoms with Crippen molar-refractivity contribution in [3.8, 4) is 0 Å². The van der Waals surface area contributed by atoms with E-state index in [0.717, 1.165) is 67.1 Å². The van der Waals surface area contributed by atoms with E-state index < -0.39 is 0 Å². The standard InChI is InChI=1S/C18H27N5O/c1-3-11-22(12-4-2)13-10-19-18-20-16-9-8-14-6-5-7-15(14)17(16)23(24)21-18/h6,8-9,24H,3-5,7,10-13H2,1-2H3,(H,19,21). The number of hydrazine groups is 1. The minimum absolute atomic E-state index is 0.472. The second-order valence-electron chi connectivity index (χ2n) is 6.33. The number of hydrogen-bond donors (Lipinski definition) is 2. The summed E-state index contributed by atoms with van der Waals surface area (Å²) in [5.74, 6) is 0.472. The van der Waals surface area contributed by atoms with Gasteiger partial charge in [-0.3, -0.25) is 5.21 Å². The van der Waals surface area contributed by atoms with Crippen LogP contribution < -0.4 is 21.2 Å². The molecular formula is C18H27N5O. The van der Waals surface area contributed by atoms with Crippen molar-refractivity contribution in [1.29, 1.82) is 0 Å². The van der Waals surface area contributed by atoms with Gasteiger partial charge in [-0.25, -0.2) is 15.4 Å². The first-order valence-electron chi connectivity index (χ1n) is 8.96. The molecule has 130 valence electrons. The molecule has 1 aromatic rings. The quantitative estimate of drug-likeness (QED) is 0.790. The highest BCUT2D eigenvalue weighted by molar-refractivity contribution is 5.84. The fourth-order valence-corrected chi connectivity index (χ4v) is 3.42. The Hall–Kier alpha value is -1.92. The second-order valence-corrected chi connectivity index (χ2v) is 6.33. The van der Waals surface area contributed by atoms with E-state index in [-0.39, 0.29) is 0 Å². The van der Waals surface area contributed by atoms with E-state index in [1.165, 1.54) is 5.22 Å². The van der Waals surface area contributed by atoms with Crippen LogP contribution >= 0.6 is 0 Å². The molecule has 1 aliphatic carbocycles. The summed E-state index contributed by atoms with van der Waals surface area (Å²) in [6, 6.07) is 4.03. The fourth-order valence-electron chi connectivity index (χ4n) is 3.42. The Kier molecular flexibility index (Phi) is 5.48. The average Bonchev–Trinajstić information content (AvgIpc) is 3.03. The van der Waals surface area contributed by atoms with Crippen LogP contribution in [0, 0.1) is 0 Å². The molecular weight excluding hydrogens is 302 g/mol. The molecule has 1 aromatic carbocycles. The maximum Gasteiger partial charge on any atom is 0.239 e. The molecule has 1 heterocycles. The van der Waals surface area contributed by atoms with Gasteiger partial charge in [-0.2, -0.15) is 5.17 Å². The molecule has 0 spiro atoms. The monoisotopic (exact) mass is 329 g/mol. The second kappa shape index (κ2) is 7.77. The van der Waals surface area contributed by atoms with Gasteiger partial charge in [0, 0.05) is 6.54 Å². The van der Waals surface area contributed by atoms with Crippen LogP contribution in [0.25, 0.3) is 6.08 Å². The number of rotatable bonds is 7. The van der Waals surface area contributed by atoms with Crippen molar-refractivity contribution >= 4 is 17.7 Å². The van der Waals surface area contributed by atoms with Gasteiger partial charge in [0.15, 0.2) is 0 Å². The SMILES string of the molecule is CCCN(CCC)CCN=C1N=c2ccc3c(c2N(O)N1)CCC=3. The van der Waals surface area contributed by atoms with E-state index in [9.17, 15) is 5.21 Å². The number of nitrogens with zero attached hydrogens (tertiary/aromatic N) is 4. The van der Waals surface area contributed by atoms with E-state index in [4.69, 9.17) is 0 Å². The molecule has 24 heavy (non-hydrogen) atoms. The molecule has 1 aliphatic heterocycles. The lowest BCUT2D eigenvalue weighted by molar-refractivity contribution is 0.230. The summed E-state index contributed by atoms with van der Waals surface area (Å²) >= 11 is 0. The number of guanidine groups is 1. The Morgan fingerprint density at radius 2 is 2.04 bits per heavy atom. The van der Waals surface area contributed by atoms with Crippen molar-refractivity contribution in [3.05, 3.63) is 28.3 Å². The average molecular weight is 329 g/mol. The lowest BCUT2D eigenvalue weighted by atomic mass is 10.1. The molecule has 0 fully saturated rings. The summed E-state index contributed by atoms with van der Waals surface area (Å²) in [6.07, 6.45) is 6.47. The maximum atomic E-state index is 10.3. The molecule has 6 heteroatoms. The molecule has 0 unspecified atom stereocenters. The molecule has 3 rings (SSSR count). The van der Waals surface area contributed by atoms with Crippen LogP contribution in [0.5, 0.6) is 0 Å². The van der Waals surface area contributed by atoms with E-state index in [1.807, 2.05) is 6.07 Å². The number of fused-ring (bicyclic) bond motifs is 3. The summed E-state index contributed by atoms with van der Waals surface area (Å²) in [6.45, 7) is 8.18. The van der Waals surface area contributed by atoms with Crippen LogP contribution in [0.4, 0.5) is 5.69 Å². The summed E-state index contributed by atoms with van der Waals surface area (Å²) in [5, 5.41) is 13.4. The van der Waals surface area contributed by atoms with E-state index in [2.05, 4.69) is 46.3 Å². The molecule has 2 N–H and O–H groups in total. The normalized spacial score (nSPS) is 17.3. The molecule has 0 saturated carbocycles.